The number of nitrogens with zero attached hydrogens (tertiary/aromatic N) is 1. The zero-order chi connectivity index (χ0) is 22.8. The highest BCUT2D eigenvalue weighted by atomic mass is 16.5. The zero-order valence-electron chi connectivity index (χ0n) is 18.3. The van der Waals surface area contributed by atoms with Crippen LogP contribution in [0.3, 0.4) is 0 Å². The molecule has 0 bridgehead atoms. The van der Waals surface area contributed by atoms with E-state index in [0.717, 1.165) is 35.1 Å². The van der Waals surface area contributed by atoms with Gasteiger partial charge in [-0.05, 0) is 48.9 Å². The number of carbonyl (C=O) groups is 3. The molecule has 2 amide bonds. The number of nitrogens with one attached hydrogen (secondary N) is 1. The van der Waals surface area contributed by atoms with E-state index >= 15 is 0 Å². The molecule has 0 aromatic heterocycles. The van der Waals surface area contributed by atoms with Gasteiger partial charge in [-0.25, -0.2) is 9.59 Å². The maximum absolute atomic E-state index is 12.7. The lowest BCUT2D eigenvalue weighted by molar-refractivity contribution is -0.150. The number of hydrogen-bond acceptors (Lipinski definition) is 4. The van der Waals surface area contributed by atoms with Gasteiger partial charge in [0, 0.05) is 24.4 Å². The van der Waals surface area contributed by atoms with Gasteiger partial charge in [0.1, 0.15) is 12.6 Å². The first kappa shape index (κ1) is 21.9. The Morgan fingerprint density at radius 1 is 1.03 bits per heavy atom. The van der Waals surface area contributed by atoms with Crippen LogP contribution in [0.4, 0.5) is 4.79 Å². The van der Waals surface area contributed by atoms with Gasteiger partial charge in [-0.15, -0.1) is 0 Å². The number of aliphatic carboxylic acids is 1. The molecule has 0 spiro atoms. The van der Waals surface area contributed by atoms with E-state index in [9.17, 15) is 19.5 Å². The average Bonchev–Trinajstić information content (AvgIpc) is 3.54. The second kappa shape index (κ2) is 9.02. The van der Waals surface area contributed by atoms with Crippen molar-refractivity contribution in [3.63, 3.8) is 0 Å². The Morgan fingerprint density at radius 3 is 2.12 bits per heavy atom. The van der Waals surface area contributed by atoms with E-state index in [1.165, 1.54) is 11.8 Å². The molecule has 7 nitrogen and oxygen atoms in total. The third kappa shape index (κ3) is 4.47. The van der Waals surface area contributed by atoms with Crippen molar-refractivity contribution in [2.24, 2.45) is 0 Å². The Hall–Kier alpha value is -3.35. The summed E-state index contributed by atoms with van der Waals surface area (Å²) in [5, 5.41) is 12.0. The molecule has 1 fully saturated rings. The van der Waals surface area contributed by atoms with Crippen molar-refractivity contribution >= 4 is 18.0 Å². The fraction of sp³-hybridized carbons (Fsp3) is 0.400. The summed E-state index contributed by atoms with van der Waals surface area (Å²) in [4.78, 5) is 37.9. The van der Waals surface area contributed by atoms with Gasteiger partial charge in [-0.3, -0.25) is 4.79 Å². The molecule has 0 heterocycles. The zero-order valence-corrected chi connectivity index (χ0v) is 18.3. The molecule has 2 aliphatic carbocycles. The molecule has 2 N–H and O–H groups in total. The Balaban J connectivity index is 1.33. The van der Waals surface area contributed by atoms with Crippen molar-refractivity contribution in [1.82, 2.24) is 10.2 Å². The van der Waals surface area contributed by atoms with Crippen LogP contribution in [0.15, 0.2) is 48.5 Å². The summed E-state index contributed by atoms with van der Waals surface area (Å²) in [7, 11) is 0. The fourth-order valence-electron chi connectivity index (χ4n) is 4.47. The topological polar surface area (TPSA) is 95.9 Å². The first-order chi connectivity index (χ1) is 15.4. The van der Waals surface area contributed by atoms with Crippen molar-refractivity contribution in [2.75, 3.05) is 6.61 Å². The molecular weight excluding hydrogens is 408 g/mol. The number of hydrogen-bond donors (Lipinski definition) is 2. The summed E-state index contributed by atoms with van der Waals surface area (Å²) in [5.74, 6) is -1.33. The highest BCUT2D eigenvalue weighted by Gasteiger charge is 2.38. The van der Waals surface area contributed by atoms with Crippen LogP contribution in [-0.2, 0) is 14.3 Å². The molecular formula is C25H28N2O5. The highest BCUT2D eigenvalue weighted by molar-refractivity contribution is 5.84. The minimum atomic E-state index is -1.03. The molecule has 2 aliphatic rings. The highest BCUT2D eigenvalue weighted by Crippen LogP contribution is 2.44. The number of amides is 2. The third-order valence-corrected chi connectivity index (χ3v) is 6.19. The van der Waals surface area contributed by atoms with Crippen molar-refractivity contribution in [2.45, 2.75) is 57.2 Å². The maximum atomic E-state index is 12.7. The Morgan fingerprint density at radius 2 is 1.59 bits per heavy atom. The van der Waals surface area contributed by atoms with Crippen molar-refractivity contribution in [1.29, 1.82) is 0 Å². The Labute approximate surface area is 187 Å². The molecule has 1 saturated carbocycles. The van der Waals surface area contributed by atoms with Gasteiger partial charge >= 0.3 is 12.1 Å². The average molecular weight is 437 g/mol. The van der Waals surface area contributed by atoms with E-state index < -0.39 is 24.1 Å². The summed E-state index contributed by atoms with van der Waals surface area (Å²) in [6.07, 6.45) is 1.07. The fourth-order valence-corrected chi connectivity index (χ4v) is 4.47. The molecule has 32 heavy (non-hydrogen) atoms. The Kier molecular flexibility index (Phi) is 6.17. The number of carboxylic acids is 1. The van der Waals surface area contributed by atoms with Crippen molar-refractivity contribution in [3.05, 3.63) is 59.7 Å². The molecule has 0 radical (unpaired) electrons. The van der Waals surface area contributed by atoms with Crippen LogP contribution < -0.4 is 5.32 Å². The number of benzene rings is 2. The summed E-state index contributed by atoms with van der Waals surface area (Å²) in [6, 6.07) is 14.9. The lowest BCUT2D eigenvalue weighted by Crippen LogP contribution is -2.47. The first-order valence-electron chi connectivity index (χ1n) is 11.0. The van der Waals surface area contributed by atoms with Crippen molar-refractivity contribution in [3.8, 4) is 11.1 Å². The van der Waals surface area contributed by atoms with E-state index in [0.29, 0.717) is 0 Å². The van der Waals surface area contributed by atoms with E-state index in [1.807, 2.05) is 24.3 Å². The summed E-state index contributed by atoms with van der Waals surface area (Å²) in [6.45, 7) is 3.43. The molecule has 2 aromatic rings. The van der Waals surface area contributed by atoms with Gasteiger partial charge in [-0.1, -0.05) is 48.5 Å². The van der Waals surface area contributed by atoms with Gasteiger partial charge in [0.25, 0.3) is 0 Å². The van der Waals surface area contributed by atoms with E-state index in [-0.39, 0.29) is 30.9 Å². The SMILES string of the molecule is CC(CC(=O)N(C1CC1)C(C)C(=O)O)NC(=O)OCC1c2ccccc2-c2ccccc21. The predicted molar refractivity (Wildman–Crippen MR) is 119 cm³/mol. The van der Waals surface area contributed by atoms with E-state index in [2.05, 4.69) is 29.6 Å². The number of rotatable bonds is 8. The molecule has 2 aromatic carbocycles. The van der Waals surface area contributed by atoms with Crippen LogP contribution in [0.5, 0.6) is 0 Å². The van der Waals surface area contributed by atoms with Crippen LogP contribution in [0, 0.1) is 0 Å². The second-order valence-corrected chi connectivity index (χ2v) is 8.62. The van der Waals surface area contributed by atoms with Gasteiger partial charge < -0.3 is 20.1 Å². The van der Waals surface area contributed by atoms with Gasteiger partial charge in [0.15, 0.2) is 0 Å². The molecule has 7 heteroatoms. The Bertz CT molecular complexity index is 987. The van der Waals surface area contributed by atoms with Gasteiger partial charge in [0.05, 0.1) is 0 Å². The molecule has 0 saturated heterocycles. The molecule has 4 rings (SSSR count). The standard InChI is InChI=1S/C25H28N2O5/c1-15(13-23(28)27(17-11-12-17)16(2)24(29)30)26-25(31)32-14-22-20-9-5-3-7-18(20)19-8-4-6-10-21(19)22/h3-10,15-17,22H,11-14H2,1-2H3,(H,26,31)(H,29,30). The van der Waals surface area contributed by atoms with E-state index in [1.54, 1.807) is 6.92 Å². The minimum Gasteiger partial charge on any atom is -0.480 e. The van der Waals surface area contributed by atoms with Gasteiger partial charge in [0.2, 0.25) is 5.91 Å². The summed E-state index contributed by atoms with van der Waals surface area (Å²) >= 11 is 0. The number of alkyl carbamates (subject to hydrolysis) is 1. The van der Waals surface area contributed by atoms with Crippen LogP contribution in [-0.4, -0.2) is 52.7 Å². The minimum absolute atomic E-state index is 0.0183. The maximum Gasteiger partial charge on any atom is 0.407 e. The van der Waals surface area contributed by atoms with Gasteiger partial charge in [-0.2, -0.15) is 0 Å². The largest absolute Gasteiger partial charge is 0.480 e. The van der Waals surface area contributed by atoms with Crippen LogP contribution in [0.25, 0.3) is 11.1 Å². The number of carboxylic acid groups (broad SMARTS) is 1. The molecule has 168 valence electrons. The molecule has 2 atom stereocenters. The molecule has 2 unspecified atom stereocenters. The monoisotopic (exact) mass is 436 g/mol. The second-order valence-electron chi connectivity index (χ2n) is 8.62. The number of carbonyl (C=O) groups excluding carboxylic acids is 2. The number of ether oxygens (including phenoxy) is 1. The van der Waals surface area contributed by atoms with Crippen LogP contribution in [0.1, 0.15) is 50.2 Å². The first-order valence-corrected chi connectivity index (χ1v) is 11.0. The quantitative estimate of drug-likeness (QED) is 0.657. The van der Waals surface area contributed by atoms with Crippen LogP contribution >= 0.6 is 0 Å². The summed E-state index contributed by atoms with van der Waals surface area (Å²) < 4.78 is 5.53. The normalized spacial score (nSPS) is 16.4. The third-order valence-electron chi connectivity index (χ3n) is 6.19. The summed E-state index contributed by atoms with van der Waals surface area (Å²) in [5.41, 5.74) is 4.58. The lowest BCUT2D eigenvalue weighted by atomic mass is 9.98. The lowest BCUT2D eigenvalue weighted by Gasteiger charge is -2.28. The van der Waals surface area contributed by atoms with Crippen molar-refractivity contribution < 1.29 is 24.2 Å². The molecule has 0 aliphatic heterocycles. The van der Waals surface area contributed by atoms with Crippen LogP contribution in [0.2, 0.25) is 0 Å². The predicted octanol–water partition coefficient (Wildman–Crippen LogP) is 3.77. The smallest absolute Gasteiger partial charge is 0.407 e. The number of fused-ring (bicyclic) bond motifs is 3. The van der Waals surface area contributed by atoms with E-state index in [4.69, 9.17) is 4.74 Å².